The quantitative estimate of drug-likeness (QED) is 0.698. The van der Waals surface area contributed by atoms with Crippen LogP contribution in [-0.2, 0) is 6.54 Å². The molecule has 31 heavy (non-hydrogen) atoms. The molecule has 0 aliphatic carbocycles. The molecule has 1 amide bonds. The lowest BCUT2D eigenvalue weighted by Crippen LogP contribution is -2.42. The van der Waals surface area contributed by atoms with E-state index in [9.17, 15) is 9.90 Å². The van der Waals surface area contributed by atoms with Crippen molar-refractivity contribution in [1.82, 2.24) is 19.9 Å². The Morgan fingerprint density at radius 1 is 1.13 bits per heavy atom. The Labute approximate surface area is 181 Å². The number of rotatable bonds is 4. The zero-order chi connectivity index (χ0) is 21.2. The minimum absolute atomic E-state index is 0.167. The molecule has 5 rings (SSSR count). The number of aromatic nitrogens is 2. The molecule has 2 fully saturated rings. The fraction of sp³-hybridized carbons (Fsp3) is 0.458. The van der Waals surface area contributed by atoms with Crippen LogP contribution in [0.2, 0.25) is 0 Å². The number of piperidine rings is 2. The highest BCUT2D eigenvalue weighted by Crippen LogP contribution is 2.29. The van der Waals surface area contributed by atoms with Crippen LogP contribution in [0.4, 0.5) is 0 Å². The van der Waals surface area contributed by atoms with Crippen LogP contribution in [0.3, 0.4) is 0 Å². The Kier molecular flexibility index (Phi) is 5.70. The summed E-state index contributed by atoms with van der Waals surface area (Å²) in [5.41, 5.74) is 3.22. The average Bonchev–Trinajstić information content (AvgIpc) is 3.30. The molecule has 0 radical (unpaired) electrons. The number of aliphatic hydroxyl groups excluding tert-OH is 1. The van der Waals surface area contributed by atoms with Gasteiger partial charge in [-0.25, -0.2) is 0 Å². The minimum Gasteiger partial charge on any atom is -0.391 e. The second-order valence-corrected chi connectivity index (χ2v) is 8.70. The van der Waals surface area contributed by atoms with Crippen molar-refractivity contribution in [3.63, 3.8) is 0 Å². The normalized spacial score (nSPS) is 20.9. The molecular formula is C24H28N4O3. The van der Waals surface area contributed by atoms with Gasteiger partial charge in [0.15, 0.2) is 0 Å². The Hall–Kier alpha value is -2.77. The maximum atomic E-state index is 12.7. The molecule has 1 aromatic carbocycles. The highest BCUT2D eigenvalue weighted by molar-refractivity contribution is 5.91. The summed E-state index contributed by atoms with van der Waals surface area (Å²) in [6.45, 7) is 3.91. The van der Waals surface area contributed by atoms with Crippen LogP contribution in [0.25, 0.3) is 10.9 Å². The van der Waals surface area contributed by atoms with Gasteiger partial charge in [0, 0.05) is 43.2 Å². The van der Waals surface area contributed by atoms with Crippen LogP contribution in [-0.4, -0.2) is 63.2 Å². The number of benzene rings is 1. The van der Waals surface area contributed by atoms with Crippen molar-refractivity contribution in [3.05, 3.63) is 59.6 Å². The zero-order valence-corrected chi connectivity index (χ0v) is 17.6. The topological polar surface area (TPSA) is 82.7 Å². The number of likely N-dealkylation sites (tertiary alicyclic amines) is 2. The van der Waals surface area contributed by atoms with Gasteiger partial charge in [-0.15, -0.1) is 0 Å². The highest BCUT2D eigenvalue weighted by atomic mass is 16.5. The second-order valence-electron chi connectivity index (χ2n) is 8.70. The first-order valence-corrected chi connectivity index (χ1v) is 11.2. The predicted octanol–water partition coefficient (Wildman–Crippen LogP) is 3.20. The van der Waals surface area contributed by atoms with E-state index in [-0.39, 0.29) is 11.7 Å². The van der Waals surface area contributed by atoms with Crippen molar-refractivity contribution in [2.24, 2.45) is 0 Å². The molecule has 1 N–H and O–H groups in total. The van der Waals surface area contributed by atoms with Crippen molar-refractivity contribution < 1.29 is 14.4 Å². The van der Waals surface area contributed by atoms with Gasteiger partial charge in [0.2, 0.25) is 5.76 Å². The Morgan fingerprint density at radius 3 is 2.81 bits per heavy atom. The number of carbonyl (C=O) groups is 1. The maximum Gasteiger partial charge on any atom is 0.292 e. The molecule has 7 heteroatoms. The highest BCUT2D eigenvalue weighted by Gasteiger charge is 2.28. The van der Waals surface area contributed by atoms with Gasteiger partial charge in [0.05, 0.1) is 17.3 Å². The molecule has 4 heterocycles. The first kappa shape index (κ1) is 20.2. The fourth-order valence-corrected chi connectivity index (χ4v) is 4.80. The third-order valence-electron chi connectivity index (χ3n) is 6.56. The average molecular weight is 421 g/mol. The van der Waals surface area contributed by atoms with Crippen molar-refractivity contribution in [3.8, 4) is 0 Å². The Morgan fingerprint density at radius 2 is 1.97 bits per heavy atom. The molecule has 2 aromatic heterocycles. The molecule has 0 saturated carbocycles. The van der Waals surface area contributed by atoms with E-state index in [1.165, 1.54) is 10.9 Å². The van der Waals surface area contributed by atoms with E-state index in [0.717, 1.165) is 56.5 Å². The van der Waals surface area contributed by atoms with Crippen molar-refractivity contribution >= 4 is 16.8 Å². The molecule has 0 bridgehead atoms. The summed E-state index contributed by atoms with van der Waals surface area (Å²) >= 11 is 0. The monoisotopic (exact) mass is 420 g/mol. The van der Waals surface area contributed by atoms with E-state index >= 15 is 0 Å². The standard InChI is InChI=1S/C24H28N4O3/c29-19-4-3-11-28(16-19)24(30)23-14-22(26-31-23)17-8-12-27(13-9-17)15-18-7-10-25-21-6-2-1-5-20(18)21/h1-2,5-7,10,14,17,19,29H,3-4,8-9,11-13,15-16H2/t19-/m1/s1. The molecule has 2 aliphatic rings. The molecule has 1 atom stereocenters. The number of pyridine rings is 1. The number of para-hydroxylation sites is 1. The van der Waals surface area contributed by atoms with Crippen LogP contribution in [0.5, 0.6) is 0 Å². The fourth-order valence-electron chi connectivity index (χ4n) is 4.80. The van der Waals surface area contributed by atoms with Gasteiger partial charge in [-0.3, -0.25) is 14.7 Å². The number of amides is 1. The van der Waals surface area contributed by atoms with Gasteiger partial charge in [0.1, 0.15) is 0 Å². The summed E-state index contributed by atoms with van der Waals surface area (Å²) < 4.78 is 5.40. The van der Waals surface area contributed by atoms with Gasteiger partial charge < -0.3 is 14.5 Å². The Bertz CT molecular complexity index is 1050. The summed E-state index contributed by atoms with van der Waals surface area (Å²) in [5, 5.41) is 15.3. The van der Waals surface area contributed by atoms with E-state index < -0.39 is 6.10 Å². The largest absolute Gasteiger partial charge is 0.391 e. The first-order chi connectivity index (χ1) is 15.2. The van der Waals surface area contributed by atoms with Gasteiger partial charge >= 0.3 is 0 Å². The number of aliphatic hydroxyl groups is 1. The number of β-amino-alcohol motifs (C(OH)–C–C–N with tert-alkyl or cyclic N) is 1. The predicted molar refractivity (Wildman–Crippen MR) is 117 cm³/mol. The van der Waals surface area contributed by atoms with Gasteiger partial charge in [0.25, 0.3) is 5.91 Å². The number of fused-ring (bicyclic) bond motifs is 1. The number of carbonyl (C=O) groups excluding carboxylic acids is 1. The van der Waals surface area contributed by atoms with Crippen LogP contribution in [0, 0.1) is 0 Å². The van der Waals surface area contributed by atoms with Crippen LogP contribution in [0.15, 0.2) is 47.1 Å². The van der Waals surface area contributed by atoms with E-state index in [2.05, 4.69) is 39.3 Å². The summed E-state index contributed by atoms with van der Waals surface area (Å²) in [5.74, 6) is 0.428. The van der Waals surface area contributed by atoms with Crippen molar-refractivity contribution in [2.45, 2.75) is 44.2 Å². The van der Waals surface area contributed by atoms with E-state index in [4.69, 9.17) is 4.52 Å². The van der Waals surface area contributed by atoms with E-state index in [1.807, 2.05) is 12.3 Å². The van der Waals surface area contributed by atoms with Gasteiger partial charge in [-0.1, -0.05) is 23.4 Å². The van der Waals surface area contributed by atoms with Gasteiger partial charge in [-0.05, 0) is 56.5 Å². The third kappa shape index (κ3) is 4.34. The van der Waals surface area contributed by atoms with Crippen molar-refractivity contribution in [2.75, 3.05) is 26.2 Å². The molecule has 162 valence electrons. The number of hydrogen-bond donors (Lipinski definition) is 1. The molecule has 2 saturated heterocycles. The summed E-state index contributed by atoms with van der Waals surface area (Å²) in [6.07, 6.45) is 5.00. The molecule has 7 nitrogen and oxygen atoms in total. The lowest BCUT2D eigenvalue weighted by molar-refractivity contribution is 0.0441. The SMILES string of the molecule is O=C(c1cc(C2CCN(Cc3ccnc4ccccc34)CC2)no1)N1CCC[C@@H](O)C1. The summed E-state index contributed by atoms with van der Waals surface area (Å²) in [7, 11) is 0. The number of nitrogens with zero attached hydrogens (tertiary/aromatic N) is 4. The van der Waals surface area contributed by atoms with Crippen LogP contribution in [0.1, 0.15) is 53.4 Å². The molecule has 2 aliphatic heterocycles. The lowest BCUT2D eigenvalue weighted by Gasteiger charge is -2.31. The first-order valence-electron chi connectivity index (χ1n) is 11.2. The molecule has 0 unspecified atom stereocenters. The van der Waals surface area contributed by atoms with E-state index in [0.29, 0.717) is 19.0 Å². The van der Waals surface area contributed by atoms with E-state index in [1.54, 1.807) is 11.0 Å². The molecule has 3 aromatic rings. The minimum atomic E-state index is -0.443. The van der Waals surface area contributed by atoms with Crippen LogP contribution >= 0.6 is 0 Å². The zero-order valence-electron chi connectivity index (χ0n) is 17.6. The second kappa shape index (κ2) is 8.77. The molecule has 0 spiro atoms. The smallest absolute Gasteiger partial charge is 0.292 e. The molecular weight excluding hydrogens is 392 g/mol. The van der Waals surface area contributed by atoms with Crippen LogP contribution < -0.4 is 0 Å². The third-order valence-corrected chi connectivity index (χ3v) is 6.56. The lowest BCUT2D eigenvalue weighted by atomic mass is 9.93. The maximum absolute atomic E-state index is 12.7. The summed E-state index contributed by atoms with van der Waals surface area (Å²) in [4.78, 5) is 21.3. The Balaban J connectivity index is 1.20. The van der Waals surface area contributed by atoms with Gasteiger partial charge in [-0.2, -0.15) is 0 Å². The van der Waals surface area contributed by atoms with Crippen molar-refractivity contribution in [1.29, 1.82) is 0 Å². The summed E-state index contributed by atoms with van der Waals surface area (Å²) in [6, 6.07) is 12.2. The number of hydrogen-bond acceptors (Lipinski definition) is 6.